The Hall–Kier alpha value is -8.00. The molecule has 0 aliphatic carbocycles. The molecule has 0 fully saturated rings. The lowest BCUT2D eigenvalue weighted by Gasteiger charge is -2.00. The Morgan fingerprint density at radius 1 is 0.235 bits per heavy atom. The molecule has 8 aromatic carbocycles. The van der Waals surface area contributed by atoms with Crippen molar-refractivity contribution in [2.45, 2.75) is 0 Å². The third-order valence-electron chi connectivity index (χ3n) is 13.8. The molecule has 0 amide bonds. The van der Waals surface area contributed by atoms with Gasteiger partial charge in [-0.1, -0.05) is 72.8 Å². The highest BCUT2D eigenvalue weighted by molar-refractivity contribution is 7.27. The van der Waals surface area contributed by atoms with E-state index in [4.69, 9.17) is 29.9 Å². The summed E-state index contributed by atoms with van der Waals surface area (Å²) >= 11 is 7.16. The smallest absolute Gasteiger partial charge is 0.164 e. The lowest BCUT2D eigenvalue weighted by molar-refractivity contribution is 1.19. The van der Waals surface area contributed by atoms with Crippen molar-refractivity contribution in [1.82, 2.24) is 39.9 Å². The number of hydrogen-bond donors (Lipinski definition) is 2. The van der Waals surface area contributed by atoms with Crippen molar-refractivity contribution in [3.05, 3.63) is 146 Å². The van der Waals surface area contributed by atoms with Crippen molar-refractivity contribution in [3.63, 3.8) is 0 Å². The maximum atomic E-state index is 5.49. The van der Waals surface area contributed by atoms with Gasteiger partial charge < -0.3 is 9.97 Å². The summed E-state index contributed by atoms with van der Waals surface area (Å²) in [5.74, 6) is 2.36. The van der Waals surface area contributed by atoms with Crippen LogP contribution in [0.1, 0.15) is 0 Å². The lowest BCUT2D eigenvalue weighted by Crippen LogP contribution is -1.83. The Morgan fingerprint density at radius 2 is 0.515 bits per heavy atom. The highest BCUT2D eigenvalue weighted by Gasteiger charge is 2.26. The van der Waals surface area contributed by atoms with Gasteiger partial charge in [-0.2, -0.15) is 0 Å². The van der Waals surface area contributed by atoms with Crippen LogP contribution in [0.4, 0.5) is 0 Å². The van der Waals surface area contributed by atoms with Gasteiger partial charge in [0.05, 0.1) is 0 Å². The zero-order chi connectivity index (χ0) is 43.9. The molecule has 2 N–H and O–H groups in total. The first-order valence-corrected chi connectivity index (χ1v) is 25.5. The van der Waals surface area contributed by atoms with Crippen molar-refractivity contribution in [2.24, 2.45) is 0 Å². The summed E-state index contributed by atoms with van der Waals surface area (Å²) in [7, 11) is 0. The second-order valence-corrected chi connectivity index (χ2v) is 21.9. The summed E-state index contributed by atoms with van der Waals surface area (Å²) in [6.45, 7) is 0. The van der Waals surface area contributed by atoms with Gasteiger partial charge in [0.1, 0.15) is 22.6 Å². The molecule has 314 valence electrons. The average Bonchev–Trinajstić information content (AvgIpc) is 4.26. The summed E-state index contributed by atoms with van der Waals surface area (Å²) in [5, 5.41) is 13.4. The monoisotopic (exact) mass is 938 g/mol. The molecule has 8 bridgehead atoms. The van der Waals surface area contributed by atoms with Gasteiger partial charge in [-0.25, -0.2) is 29.9 Å². The Labute approximate surface area is 398 Å². The summed E-state index contributed by atoms with van der Waals surface area (Å²) in [5.41, 5.74) is 6.44. The van der Waals surface area contributed by atoms with Crippen LogP contribution in [0.3, 0.4) is 0 Å². The first-order valence-electron chi connectivity index (χ1n) is 22.2. The first kappa shape index (κ1) is 36.2. The van der Waals surface area contributed by atoms with E-state index in [0.29, 0.717) is 45.9 Å². The number of fused-ring (bicyclic) bond motifs is 32. The standard InChI is InChI=1S/C56H26N8S4/c1-5-13-41-25(9-1)29-17-33-37(21-45(29)65-41)53-57-49(33)61-54-38-22-46-30(26-10-2-6-14-42(26)66-46)18-34(38)51(58-54)63-56-40-24-48-32(28-12-4-8-16-44(28)68-48)20-36(40)52(60-56)64-55-39-23-47-31(19-35(39)50(59-55)62-53)27-11-3-7-15-43(27)67-47/h1-24H,(H2,57,58,59,60,61,62,63,64). The Balaban J connectivity index is 1.06. The number of H-pyrrole nitrogens is 2. The Kier molecular flexibility index (Phi) is 6.86. The Morgan fingerprint density at radius 3 is 0.868 bits per heavy atom. The van der Waals surface area contributed by atoms with Crippen LogP contribution in [0.5, 0.6) is 0 Å². The number of thiophene rings is 4. The molecule has 8 nitrogen and oxygen atoms in total. The minimum absolute atomic E-state index is 0.590. The molecule has 2 aliphatic rings. The molecule has 0 spiro atoms. The quantitative estimate of drug-likeness (QED) is 0.157. The number of hydrogen-bond acceptors (Lipinski definition) is 10. The minimum atomic E-state index is 0.590. The lowest BCUT2D eigenvalue weighted by atomic mass is 10.0. The van der Waals surface area contributed by atoms with E-state index in [2.05, 4.69) is 156 Å². The highest BCUT2D eigenvalue weighted by Crippen LogP contribution is 2.46. The maximum absolute atomic E-state index is 5.49. The summed E-state index contributed by atoms with van der Waals surface area (Å²) in [4.78, 5) is 40.1. The molecule has 12 heteroatoms. The number of rotatable bonds is 0. The second-order valence-electron chi connectivity index (χ2n) is 17.6. The van der Waals surface area contributed by atoms with E-state index in [-0.39, 0.29) is 0 Å². The number of nitrogens with zero attached hydrogens (tertiary/aromatic N) is 6. The van der Waals surface area contributed by atoms with Crippen molar-refractivity contribution in [3.8, 4) is 45.6 Å². The predicted octanol–water partition coefficient (Wildman–Crippen LogP) is 16.3. The third-order valence-corrected chi connectivity index (χ3v) is 18.4. The maximum Gasteiger partial charge on any atom is 0.164 e. The van der Waals surface area contributed by atoms with E-state index in [9.17, 15) is 0 Å². The van der Waals surface area contributed by atoms with Gasteiger partial charge in [0.15, 0.2) is 23.3 Å². The van der Waals surface area contributed by atoms with Crippen LogP contribution in [0.15, 0.2) is 146 Å². The van der Waals surface area contributed by atoms with E-state index < -0.39 is 0 Å². The fraction of sp³-hybridized carbons (Fsp3) is 0. The van der Waals surface area contributed by atoms with Gasteiger partial charge in [-0.15, -0.1) is 45.3 Å². The molecule has 0 saturated carbocycles. The van der Waals surface area contributed by atoms with Crippen molar-refractivity contribution in [1.29, 1.82) is 0 Å². The molecule has 7 aromatic heterocycles. The number of nitrogens with one attached hydrogen (secondary N) is 2. The molecule has 9 heterocycles. The normalized spacial score (nSPS) is 12.7. The fourth-order valence-corrected chi connectivity index (χ4v) is 15.2. The van der Waals surface area contributed by atoms with Gasteiger partial charge in [-0.3, -0.25) is 0 Å². The fourth-order valence-electron chi connectivity index (χ4n) is 10.7. The number of aromatic nitrogens is 8. The molecular formula is C56H26N8S4. The molecule has 68 heavy (non-hydrogen) atoms. The molecule has 0 radical (unpaired) electrons. The van der Waals surface area contributed by atoms with E-state index >= 15 is 0 Å². The van der Waals surface area contributed by atoms with Crippen LogP contribution in [0.2, 0.25) is 0 Å². The third kappa shape index (κ3) is 4.91. The summed E-state index contributed by atoms with van der Waals surface area (Å²) in [6, 6.07) is 52.5. The average molecular weight is 939 g/mol. The zero-order valence-electron chi connectivity index (χ0n) is 35.2. The molecule has 0 atom stereocenters. The van der Waals surface area contributed by atoms with Gasteiger partial charge >= 0.3 is 0 Å². The predicted molar refractivity (Wildman–Crippen MR) is 288 cm³/mol. The largest absolute Gasteiger partial charge is 0.324 e. The summed E-state index contributed by atoms with van der Waals surface area (Å²) in [6.07, 6.45) is 0. The molecule has 0 unspecified atom stereocenters. The van der Waals surface area contributed by atoms with E-state index in [1.165, 1.54) is 80.7 Å². The van der Waals surface area contributed by atoms with Crippen molar-refractivity contribution < 1.29 is 0 Å². The summed E-state index contributed by atoms with van der Waals surface area (Å²) < 4.78 is 9.66. The van der Waals surface area contributed by atoms with E-state index in [0.717, 1.165) is 43.8 Å². The highest BCUT2D eigenvalue weighted by atomic mass is 32.1. The minimum Gasteiger partial charge on any atom is -0.324 e. The molecule has 17 rings (SSSR count). The SMILES string of the molecule is c1ccc2c(c1)sc1cc3c(cc12)-c1nc-3nc2[nH]c(nc3nc(nc4[nH]c(n1)c1cc5sc6ccccc6c5cc41)-c1cc4sc5ccccc5c4cc1-3)c1cc3sc4ccccc4c3cc21. The van der Waals surface area contributed by atoms with Crippen LogP contribution in [0, 0.1) is 0 Å². The van der Waals surface area contributed by atoms with E-state index in [1.54, 1.807) is 45.3 Å². The second kappa shape index (κ2) is 12.9. The van der Waals surface area contributed by atoms with Crippen LogP contribution in [-0.2, 0) is 0 Å². The molecule has 0 saturated heterocycles. The van der Waals surface area contributed by atoms with Crippen molar-refractivity contribution in [2.75, 3.05) is 0 Å². The number of benzene rings is 8. The molecule has 15 aromatic rings. The Bertz CT molecular complexity index is 4690. The van der Waals surface area contributed by atoms with Gasteiger partial charge in [0.25, 0.3) is 0 Å². The van der Waals surface area contributed by atoms with Crippen LogP contribution >= 0.6 is 45.3 Å². The first-order chi connectivity index (χ1) is 33.6. The van der Waals surface area contributed by atoms with Gasteiger partial charge in [-0.05, 0) is 72.8 Å². The van der Waals surface area contributed by atoms with Crippen LogP contribution in [-0.4, -0.2) is 39.9 Å². The molecular weight excluding hydrogens is 913 g/mol. The zero-order valence-corrected chi connectivity index (χ0v) is 38.4. The number of aromatic amines is 2. The van der Waals surface area contributed by atoms with Gasteiger partial charge in [0.2, 0.25) is 0 Å². The molecule has 2 aliphatic heterocycles. The van der Waals surface area contributed by atoms with Crippen molar-refractivity contribution >= 4 is 170 Å². The van der Waals surface area contributed by atoms with Crippen LogP contribution in [0.25, 0.3) is 170 Å². The van der Waals surface area contributed by atoms with Gasteiger partial charge in [0, 0.05) is 124 Å². The van der Waals surface area contributed by atoms with E-state index in [1.807, 2.05) is 0 Å². The topological polar surface area (TPSA) is 109 Å². The van der Waals surface area contributed by atoms with Crippen LogP contribution < -0.4 is 0 Å².